The van der Waals surface area contributed by atoms with Crippen molar-refractivity contribution < 1.29 is 9.90 Å². The van der Waals surface area contributed by atoms with E-state index in [1.165, 1.54) is 6.42 Å². The molecule has 1 aliphatic carbocycles. The predicted octanol–water partition coefficient (Wildman–Crippen LogP) is 2.03. The van der Waals surface area contributed by atoms with E-state index in [0.717, 1.165) is 37.8 Å². The van der Waals surface area contributed by atoms with E-state index in [1.807, 2.05) is 17.0 Å². The number of piperidine rings is 1. The summed E-state index contributed by atoms with van der Waals surface area (Å²) in [6, 6.07) is 7.59. The Morgan fingerprint density at radius 2 is 2.15 bits per heavy atom. The van der Waals surface area contributed by atoms with E-state index in [0.29, 0.717) is 12.6 Å². The van der Waals surface area contributed by atoms with Crippen molar-refractivity contribution in [2.75, 3.05) is 6.54 Å². The first kappa shape index (κ1) is 13.4. The Morgan fingerprint density at radius 1 is 1.30 bits per heavy atom. The summed E-state index contributed by atoms with van der Waals surface area (Å²) in [6.45, 7) is 1.55. The Balaban J connectivity index is 1.70. The van der Waals surface area contributed by atoms with Gasteiger partial charge in [0.2, 0.25) is 5.91 Å². The molecule has 1 amide bonds. The number of carbonyl (C=O) groups excluding carboxylic acids is 1. The van der Waals surface area contributed by atoms with Crippen LogP contribution >= 0.6 is 0 Å². The van der Waals surface area contributed by atoms with Crippen molar-refractivity contribution in [2.24, 2.45) is 0 Å². The zero-order chi connectivity index (χ0) is 13.9. The van der Waals surface area contributed by atoms with E-state index in [9.17, 15) is 9.90 Å². The highest BCUT2D eigenvalue weighted by Crippen LogP contribution is 2.30. The molecule has 3 rings (SSSR count). The molecule has 1 unspecified atom stereocenters. The van der Waals surface area contributed by atoms with E-state index in [1.54, 1.807) is 12.1 Å². The molecular weight excluding hydrogens is 252 g/mol. The first-order valence-corrected chi connectivity index (χ1v) is 7.56. The molecule has 2 N–H and O–H groups in total. The average molecular weight is 274 g/mol. The van der Waals surface area contributed by atoms with Crippen molar-refractivity contribution >= 4 is 5.91 Å². The molecule has 2 fully saturated rings. The minimum Gasteiger partial charge on any atom is -0.508 e. The zero-order valence-electron chi connectivity index (χ0n) is 11.7. The van der Waals surface area contributed by atoms with Crippen LogP contribution in [0, 0.1) is 0 Å². The van der Waals surface area contributed by atoms with Gasteiger partial charge in [0.05, 0.1) is 6.04 Å². The lowest BCUT2D eigenvalue weighted by Gasteiger charge is -2.30. The topological polar surface area (TPSA) is 52.6 Å². The first-order chi connectivity index (χ1) is 9.74. The minimum absolute atomic E-state index is 0.0124. The van der Waals surface area contributed by atoms with Crippen LogP contribution < -0.4 is 5.32 Å². The highest BCUT2D eigenvalue weighted by molar-refractivity contribution is 5.82. The molecule has 1 saturated carbocycles. The Hall–Kier alpha value is -1.55. The lowest BCUT2D eigenvalue weighted by atomic mass is 10.0. The summed E-state index contributed by atoms with van der Waals surface area (Å²) >= 11 is 0. The van der Waals surface area contributed by atoms with Gasteiger partial charge in [-0.3, -0.25) is 4.79 Å². The van der Waals surface area contributed by atoms with Crippen molar-refractivity contribution in [3.8, 4) is 5.75 Å². The fourth-order valence-corrected chi connectivity index (χ4v) is 2.89. The van der Waals surface area contributed by atoms with Crippen LogP contribution in [0.25, 0.3) is 0 Å². The van der Waals surface area contributed by atoms with Crippen molar-refractivity contribution in [1.82, 2.24) is 10.2 Å². The summed E-state index contributed by atoms with van der Waals surface area (Å²) in [6.07, 6.45) is 5.46. The number of phenols is 1. The number of hydrogen-bond donors (Lipinski definition) is 2. The van der Waals surface area contributed by atoms with Crippen LogP contribution in [-0.2, 0) is 11.3 Å². The standard InChI is InChI=1S/C16H22N2O2/c19-14-5-3-4-12(10-14)11-18(13-7-8-13)16(20)15-6-1-2-9-17-15/h3-5,10,13,15,17,19H,1-2,6-9,11H2. The molecule has 1 heterocycles. The monoisotopic (exact) mass is 274 g/mol. The normalized spacial score (nSPS) is 22.5. The van der Waals surface area contributed by atoms with Gasteiger partial charge in [-0.15, -0.1) is 0 Å². The third-order valence-electron chi connectivity index (χ3n) is 4.14. The molecule has 0 aromatic heterocycles. The van der Waals surface area contributed by atoms with Crippen molar-refractivity contribution in [2.45, 2.75) is 50.7 Å². The number of hydrogen-bond acceptors (Lipinski definition) is 3. The highest BCUT2D eigenvalue weighted by Gasteiger charge is 2.36. The van der Waals surface area contributed by atoms with Crippen LogP contribution in [0.2, 0.25) is 0 Å². The Morgan fingerprint density at radius 3 is 2.80 bits per heavy atom. The minimum atomic E-state index is -0.0124. The summed E-state index contributed by atoms with van der Waals surface area (Å²) < 4.78 is 0. The molecule has 2 aliphatic rings. The van der Waals surface area contributed by atoms with Crippen LogP contribution in [0.4, 0.5) is 0 Å². The van der Waals surface area contributed by atoms with Crippen LogP contribution in [-0.4, -0.2) is 34.5 Å². The number of benzene rings is 1. The lowest BCUT2D eigenvalue weighted by molar-refractivity contribution is -0.135. The van der Waals surface area contributed by atoms with E-state index >= 15 is 0 Å². The van der Waals surface area contributed by atoms with Crippen LogP contribution in [0.15, 0.2) is 24.3 Å². The molecular formula is C16H22N2O2. The molecule has 4 nitrogen and oxygen atoms in total. The molecule has 0 radical (unpaired) electrons. The second-order valence-corrected chi connectivity index (χ2v) is 5.87. The second-order valence-electron chi connectivity index (χ2n) is 5.87. The van der Waals surface area contributed by atoms with E-state index in [-0.39, 0.29) is 17.7 Å². The van der Waals surface area contributed by atoms with Gasteiger partial charge >= 0.3 is 0 Å². The van der Waals surface area contributed by atoms with Gasteiger partial charge in [0.15, 0.2) is 0 Å². The molecule has 1 aromatic rings. The SMILES string of the molecule is O=C(C1CCCCN1)N(Cc1cccc(O)c1)C1CC1. The third-order valence-corrected chi connectivity index (χ3v) is 4.14. The molecule has 1 saturated heterocycles. The Kier molecular flexibility index (Phi) is 3.92. The molecule has 108 valence electrons. The Labute approximate surface area is 119 Å². The summed E-state index contributed by atoms with van der Waals surface area (Å²) in [7, 11) is 0. The second kappa shape index (κ2) is 5.83. The van der Waals surface area contributed by atoms with Crippen LogP contribution in [0.5, 0.6) is 5.75 Å². The maximum atomic E-state index is 12.7. The van der Waals surface area contributed by atoms with Gasteiger partial charge in [-0.05, 0) is 49.9 Å². The average Bonchev–Trinajstić information content (AvgIpc) is 3.30. The molecule has 20 heavy (non-hydrogen) atoms. The summed E-state index contributed by atoms with van der Waals surface area (Å²) in [5.74, 6) is 0.497. The van der Waals surface area contributed by atoms with Gasteiger partial charge in [-0.25, -0.2) is 0 Å². The number of rotatable bonds is 4. The summed E-state index contributed by atoms with van der Waals surface area (Å²) in [5, 5.41) is 12.9. The number of phenolic OH excluding ortho intramolecular Hbond substituents is 1. The van der Waals surface area contributed by atoms with Gasteiger partial charge < -0.3 is 15.3 Å². The number of carbonyl (C=O) groups is 1. The largest absolute Gasteiger partial charge is 0.508 e. The molecule has 0 bridgehead atoms. The quantitative estimate of drug-likeness (QED) is 0.883. The predicted molar refractivity (Wildman–Crippen MR) is 77.3 cm³/mol. The zero-order valence-corrected chi connectivity index (χ0v) is 11.7. The van der Waals surface area contributed by atoms with Gasteiger partial charge in [-0.2, -0.15) is 0 Å². The number of aromatic hydroxyl groups is 1. The third kappa shape index (κ3) is 3.12. The van der Waals surface area contributed by atoms with Crippen molar-refractivity contribution in [3.05, 3.63) is 29.8 Å². The smallest absolute Gasteiger partial charge is 0.240 e. The van der Waals surface area contributed by atoms with Gasteiger partial charge in [-0.1, -0.05) is 18.6 Å². The first-order valence-electron chi connectivity index (χ1n) is 7.56. The maximum absolute atomic E-state index is 12.7. The van der Waals surface area contributed by atoms with Crippen molar-refractivity contribution in [1.29, 1.82) is 0 Å². The fourth-order valence-electron chi connectivity index (χ4n) is 2.89. The molecule has 1 atom stereocenters. The van der Waals surface area contributed by atoms with Crippen LogP contribution in [0.1, 0.15) is 37.7 Å². The molecule has 4 heteroatoms. The Bertz CT molecular complexity index is 479. The summed E-state index contributed by atoms with van der Waals surface area (Å²) in [5.41, 5.74) is 1.00. The van der Waals surface area contributed by atoms with Crippen LogP contribution in [0.3, 0.4) is 0 Å². The number of nitrogens with zero attached hydrogens (tertiary/aromatic N) is 1. The maximum Gasteiger partial charge on any atom is 0.240 e. The number of nitrogens with one attached hydrogen (secondary N) is 1. The fraction of sp³-hybridized carbons (Fsp3) is 0.562. The van der Waals surface area contributed by atoms with E-state index in [4.69, 9.17) is 0 Å². The van der Waals surface area contributed by atoms with E-state index < -0.39 is 0 Å². The summed E-state index contributed by atoms with van der Waals surface area (Å²) in [4.78, 5) is 14.7. The van der Waals surface area contributed by atoms with Gasteiger partial charge in [0.25, 0.3) is 0 Å². The van der Waals surface area contributed by atoms with Crippen molar-refractivity contribution in [3.63, 3.8) is 0 Å². The van der Waals surface area contributed by atoms with Gasteiger partial charge in [0, 0.05) is 12.6 Å². The highest BCUT2D eigenvalue weighted by atomic mass is 16.3. The van der Waals surface area contributed by atoms with E-state index in [2.05, 4.69) is 5.32 Å². The molecule has 0 spiro atoms. The molecule has 1 aliphatic heterocycles. The number of amides is 1. The van der Waals surface area contributed by atoms with Gasteiger partial charge in [0.1, 0.15) is 5.75 Å². The molecule has 1 aromatic carbocycles. The lowest BCUT2D eigenvalue weighted by Crippen LogP contribution is -2.49.